The van der Waals surface area contributed by atoms with Gasteiger partial charge in [0.1, 0.15) is 0 Å². The van der Waals surface area contributed by atoms with Gasteiger partial charge in [-0.3, -0.25) is 14.6 Å². The van der Waals surface area contributed by atoms with Crippen molar-refractivity contribution in [2.45, 2.75) is 38.4 Å². The van der Waals surface area contributed by atoms with Gasteiger partial charge < -0.3 is 18.9 Å². The van der Waals surface area contributed by atoms with Crippen molar-refractivity contribution in [3.8, 4) is 0 Å². The summed E-state index contributed by atoms with van der Waals surface area (Å²) in [7, 11) is 0. The number of ether oxygens (including phenoxy) is 2. The number of nitrogens with zero attached hydrogens (tertiary/aromatic N) is 4. The molecule has 4 aliphatic heterocycles. The maximum atomic E-state index is 13.3. The highest BCUT2D eigenvalue weighted by molar-refractivity contribution is 5.22. The van der Waals surface area contributed by atoms with E-state index in [-0.39, 0.29) is 5.56 Å². The molecular weight excluding hydrogens is 380 g/mol. The van der Waals surface area contributed by atoms with Crippen LogP contribution in [0.15, 0.2) is 16.9 Å². The first-order valence-electron chi connectivity index (χ1n) is 11.8. The lowest BCUT2D eigenvalue weighted by molar-refractivity contribution is 0.0233. The molecule has 0 aromatic carbocycles. The van der Waals surface area contributed by atoms with E-state index in [1.54, 1.807) is 0 Å². The Kier molecular flexibility index (Phi) is 6.25. The Bertz CT molecular complexity index is 781. The zero-order chi connectivity index (χ0) is 20.5. The van der Waals surface area contributed by atoms with Gasteiger partial charge >= 0.3 is 0 Å². The van der Waals surface area contributed by atoms with Gasteiger partial charge in [-0.2, -0.15) is 0 Å². The van der Waals surface area contributed by atoms with E-state index in [9.17, 15) is 4.79 Å². The fourth-order valence-electron chi connectivity index (χ4n) is 5.77. The number of hydrogen-bond donors (Lipinski definition) is 0. The molecule has 4 aliphatic rings. The second-order valence-corrected chi connectivity index (χ2v) is 9.47. The first-order chi connectivity index (χ1) is 14.7. The van der Waals surface area contributed by atoms with E-state index in [2.05, 4.69) is 38.3 Å². The molecule has 166 valence electrons. The number of piperidine rings is 1. The maximum absolute atomic E-state index is 13.3. The van der Waals surface area contributed by atoms with Crippen LogP contribution in [-0.4, -0.2) is 97.5 Å². The number of hydrogen-bond acceptors (Lipinski definition) is 6. The van der Waals surface area contributed by atoms with Crippen molar-refractivity contribution in [1.82, 2.24) is 19.3 Å². The molecule has 3 fully saturated rings. The Morgan fingerprint density at radius 1 is 0.967 bits per heavy atom. The van der Waals surface area contributed by atoms with Crippen LogP contribution in [0.4, 0.5) is 0 Å². The molecule has 7 nitrogen and oxygen atoms in total. The molecular formula is C23H36N4O3. The molecule has 0 amide bonds. The highest BCUT2D eigenvalue weighted by Gasteiger charge is 2.37. The Hall–Kier alpha value is -1.25. The zero-order valence-corrected chi connectivity index (χ0v) is 18.3. The van der Waals surface area contributed by atoms with Gasteiger partial charge in [0.15, 0.2) is 0 Å². The van der Waals surface area contributed by atoms with Crippen LogP contribution >= 0.6 is 0 Å². The van der Waals surface area contributed by atoms with Crippen molar-refractivity contribution < 1.29 is 9.47 Å². The molecule has 1 aromatic rings. The first kappa shape index (κ1) is 20.6. The monoisotopic (exact) mass is 416 g/mol. The van der Waals surface area contributed by atoms with Crippen LogP contribution in [0.1, 0.15) is 30.5 Å². The highest BCUT2D eigenvalue weighted by atomic mass is 16.5. The van der Waals surface area contributed by atoms with E-state index in [1.807, 2.05) is 0 Å². The minimum absolute atomic E-state index is 0.245. The largest absolute Gasteiger partial charge is 0.377 e. The van der Waals surface area contributed by atoms with Gasteiger partial charge in [-0.15, -0.1) is 0 Å². The predicted octanol–water partition coefficient (Wildman–Crippen LogP) is 0.820. The van der Waals surface area contributed by atoms with Crippen LogP contribution in [-0.2, 0) is 22.6 Å². The second-order valence-electron chi connectivity index (χ2n) is 9.47. The van der Waals surface area contributed by atoms with Crippen molar-refractivity contribution in [3.63, 3.8) is 0 Å². The first-order valence-corrected chi connectivity index (χ1v) is 11.8. The van der Waals surface area contributed by atoms with Crippen LogP contribution in [0.25, 0.3) is 0 Å². The summed E-state index contributed by atoms with van der Waals surface area (Å²) in [6.45, 7) is 14.3. The molecule has 30 heavy (non-hydrogen) atoms. The van der Waals surface area contributed by atoms with Gasteiger partial charge in [-0.25, -0.2) is 0 Å². The fourth-order valence-corrected chi connectivity index (χ4v) is 5.77. The van der Waals surface area contributed by atoms with Crippen LogP contribution in [0, 0.1) is 5.92 Å². The average molecular weight is 417 g/mol. The lowest BCUT2D eigenvalue weighted by Crippen LogP contribution is -2.53. The molecule has 2 atom stereocenters. The lowest BCUT2D eigenvalue weighted by Gasteiger charge is -2.45. The van der Waals surface area contributed by atoms with Crippen LogP contribution < -0.4 is 5.56 Å². The molecule has 0 aliphatic carbocycles. The lowest BCUT2D eigenvalue weighted by atomic mass is 9.82. The van der Waals surface area contributed by atoms with Gasteiger partial charge in [-0.05, 0) is 24.9 Å². The van der Waals surface area contributed by atoms with E-state index < -0.39 is 0 Å². The Balaban J connectivity index is 1.29. The van der Waals surface area contributed by atoms with E-state index in [1.165, 1.54) is 12.1 Å². The molecule has 3 saturated heterocycles. The number of piperazine rings is 1. The smallest absolute Gasteiger partial charge is 0.255 e. The number of likely N-dealkylation sites (N-methyl/N-ethyl adjacent to an activating group) is 1. The van der Waals surface area contributed by atoms with E-state index >= 15 is 0 Å². The summed E-state index contributed by atoms with van der Waals surface area (Å²) in [6.07, 6.45) is 1.20. The minimum atomic E-state index is 0.245. The Morgan fingerprint density at radius 3 is 2.43 bits per heavy atom. The molecule has 0 unspecified atom stereocenters. The molecule has 0 N–H and O–H groups in total. The standard InChI is InChI=1S/C23H36N4O3/c1-2-24-5-7-25(8-6-24)14-19-3-4-22-20-11-18(13-27(22)23(19)28)12-26(15-20)21-16-29-9-10-30-17-21/h3-4,18,20-21H,2,5-17H2,1H3/t18-,20+/m0/s1. The summed E-state index contributed by atoms with van der Waals surface area (Å²) in [5, 5.41) is 0. The summed E-state index contributed by atoms with van der Waals surface area (Å²) in [6, 6.07) is 4.69. The topological polar surface area (TPSA) is 50.2 Å². The van der Waals surface area contributed by atoms with Crippen molar-refractivity contribution >= 4 is 0 Å². The van der Waals surface area contributed by atoms with Gasteiger partial charge in [0.05, 0.1) is 32.5 Å². The van der Waals surface area contributed by atoms with E-state index in [0.717, 1.165) is 77.7 Å². The summed E-state index contributed by atoms with van der Waals surface area (Å²) in [5.74, 6) is 0.983. The Morgan fingerprint density at radius 2 is 1.70 bits per heavy atom. The molecule has 5 heterocycles. The number of pyridine rings is 1. The summed E-state index contributed by atoms with van der Waals surface area (Å²) in [4.78, 5) is 20.8. The summed E-state index contributed by atoms with van der Waals surface area (Å²) in [5.41, 5.74) is 2.44. The highest BCUT2D eigenvalue weighted by Crippen LogP contribution is 2.36. The van der Waals surface area contributed by atoms with Crippen LogP contribution in [0.2, 0.25) is 0 Å². The average Bonchev–Trinajstić information content (AvgIpc) is 3.06. The zero-order valence-electron chi connectivity index (χ0n) is 18.3. The second kappa shape index (κ2) is 9.09. The third-order valence-corrected chi connectivity index (χ3v) is 7.53. The fraction of sp³-hybridized carbons (Fsp3) is 0.783. The predicted molar refractivity (Wildman–Crippen MR) is 116 cm³/mol. The molecule has 0 radical (unpaired) electrons. The van der Waals surface area contributed by atoms with Crippen molar-refractivity contribution in [2.75, 3.05) is 72.2 Å². The number of likely N-dealkylation sites (tertiary alicyclic amines) is 1. The molecule has 0 spiro atoms. The molecule has 0 saturated carbocycles. The number of rotatable bonds is 4. The van der Waals surface area contributed by atoms with E-state index in [4.69, 9.17) is 9.47 Å². The SMILES string of the molecule is CCN1CCN(Cc2ccc3n(c2=O)C[C@H]2C[C@@H]3CN(C3COCCOC3)C2)CC1. The third kappa shape index (κ3) is 4.23. The number of aromatic nitrogens is 1. The van der Waals surface area contributed by atoms with E-state index in [0.29, 0.717) is 31.1 Å². The molecule has 2 bridgehead atoms. The van der Waals surface area contributed by atoms with Crippen molar-refractivity contribution in [3.05, 3.63) is 33.7 Å². The third-order valence-electron chi connectivity index (χ3n) is 7.53. The molecule has 1 aromatic heterocycles. The summed E-state index contributed by atoms with van der Waals surface area (Å²) < 4.78 is 13.6. The minimum Gasteiger partial charge on any atom is -0.377 e. The quantitative estimate of drug-likeness (QED) is 0.725. The van der Waals surface area contributed by atoms with Gasteiger partial charge in [0.2, 0.25) is 0 Å². The van der Waals surface area contributed by atoms with Crippen LogP contribution in [0.3, 0.4) is 0 Å². The van der Waals surface area contributed by atoms with Crippen molar-refractivity contribution in [1.29, 1.82) is 0 Å². The normalized spacial score (nSPS) is 29.5. The van der Waals surface area contributed by atoms with Gasteiger partial charge in [0.25, 0.3) is 5.56 Å². The molecule has 7 heteroatoms. The van der Waals surface area contributed by atoms with Gasteiger partial charge in [-0.1, -0.05) is 13.0 Å². The Labute approximate surface area is 179 Å². The number of fused-ring (bicyclic) bond motifs is 4. The van der Waals surface area contributed by atoms with Gasteiger partial charge in [0, 0.05) is 69.5 Å². The maximum Gasteiger partial charge on any atom is 0.255 e. The van der Waals surface area contributed by atoms with Crippen LogP contribution in [0.5, 0.6) is 0 Å². The van der Waals surface area contributed by atoms with Crippen molar-refractivity contribution in [2.24, 2.45) is 5.92 Å². The molecule has 5 rings (SSSR count). The summed E-state index contributed by atoms with van der Waals surface area (Å²) >= 11 is 0.